The molecule has 0 radical (unpaired) electrons. The molecule has 0 aliphatic heterocycles. The molecular weight excluding hydrogens is 268 g/mol. The summed E-state index contributed by atoms with van der Waals surface area (Å²) in [5, 5.41) is 4.55. The predicted octanol–water partition coefficient (Wildman–Crippen LogP) is 4.56. The summed E-state index contributed by atoms with van der Waals surface area (Å²) in [6.45, 7) is 2.20. The van der Waals surface area contributed by atoms with Gasteiger partial charge in [-0.1, -0.05) is 54.6 Å². The highest BCUT2D eigenvalue weighted by atomic mass is 32.2. The molecule has 0 saturated heterocycles. The number of nitrogens with zero attached hydrogens (tertiary/aromatic N) is 2. The van der Waals surface area contributed by atoms with Gasteiger partial charge in [-0.15, -0.1) is 5.10 Å². The van der Waals surface area contributed by atoms with Gasteiger partial charge in [-0.2, -0.15) is 0 Å². The normalized spacial score (nSPS) is 10.6. The number of unbranched alkanes of at least 4 members (excludes halogenated alkanes) is 1. The first kappa shape index (κ1) is 12.8. The second kappa shape index (κ2) is 6.33. The predicted molar refractivity (Wildman–Crippen MR) is 77.9 cm³/mol. The Labute approximate surface area is 115 Å². The van der Waals surface area contributed by atoms with Crippen LogP contribution in [0.4, 0.5) is 0 Å². The Kier molecular flexibility index (Phi) is 4.76. The molecule has 0 amide bonds. The molecule has 2 rings (SSSR count). The summed E-state index contributed by atoms with van der Waals surface area (Å²) in [6, 6.07) is 10.0. The van der Waals surface area contributed by atoms with Gasteiger partial charge in [0.05, 0.1) is 5.69 Å². The van der Waals surface area contributed by atoms with E-state index in [-0.39, 0.29) is 0 Å². The highest BCUT2D eigenvalue weighted by molar-refractivity contribution is 8.01. The van der Waals surface area contributed by atoms with Crippen molar-refractivity contribution in [1.29, 1.82) is 0 Å². The van der Waals surface area contributed by atoms with Crippen molar-refractivity contribution in [3.63, 3.8) is 0 Å². The summed E-state index contributed by atoms with van der Waals surface area (Å²) >= 11 is 8.72. The average Bonchev–Trinajstić information content (AvgIpc) is 2.72. The van der Waals surface area contributed by atoms with Gasteiger partial charge in [0.2, 0.25) is 0 Å². The maximum atomic E-state index is 5.34. The van der Waals surface area contributed by atoms with Gasteiger partial charge < -0.3 is 0 Å². The molecule has 2 aromatic rings. The van der Waals surface area contributed by atoms with E-state index >= 15 is 0 Å². The monoisotopic (exact) mass is 282 g/mol. The zero-order valence-corrected chi connectivity index (χ0v) is 12.1. The lowest BCUT2D eigenvalue weighted by Crippen LogP contribution is -1.95. The van der Waals surface area contributed by atoms with Crippen molar-refractivity contribution >= 4 is 35.3 Å². The van der Waals surface area contributed by atoms with E-state index in [4.69, 9.17) is 12.2 Å². The lowest BCUT2D eigenvalue weighted by molar-refractivity contribution is 0.827. The number of para-hydroxylation sites is 1. The van der Waals surface area contributed by atoms with Gasteiger partial charge in [0, 0.05) is 5.75 Å². The van der Waals surface area contributed by atoms with E-state index in [1.165, 1.54) is 12.8 Å². The molecule has 2 nitrogen and oxygen atoms in total. The first-order valence-corrected chi connectivity index (χ1v) is 7.80. The Morgan fingerprint density at radius 2 is 2.12 bits per heavy atom. The van der Waals surface area contributed by atoms with E-state index in [9.17, 15) is 0 Å². The fourth-order valence-corrected chi connectivity index (χ4v) is 3.87. The van der Waals surface area contributed by atoms with E-state index in [2.05, 4.69) is 12.0 Å². The van der Waals surface area contributed by atoms with Crippen molar-refractivity contribution in [2.24, 2.45) is 0 Å². The third-order valence-corrected chi connectivity index (χ3v) is 4.71. The van der Waals surface area contributed by atoms with E-state index < -0.39 is 0 Å². The lowest BCUT2D eigenvalue weighted by atomic mass is 10.3. The second-order valence-electron chi connectivity index (χ2n) is 3.58. The van der Waals surface area contributed by atoms with Gasteiger partial charge >= 0.3 is 0 Å². The van der Waals surface area contributed by atoms with Crippen LogP contribution in [0.1, 0.15) is 19.8 Å². The Morgan fingerprint density at radius 3 is 2.82 bits per heavy atom. The molecule has 0 fully saturated rings. The molecule has 17 heavy (non-hydrogen) atoms. The summed E-state index contributed by atoms with van der Waals surface area (Å²) in [7, 11) is 0. The second-order valence-corrected chi connectivity index (χ2v) is 6.55. The van der Waals surface area contributed by atoms with E-state index in [0.717, 1.165) is 19.7 Å². The minimum Gasteiger partial charge on any atom is -0.211 e. The quantitative estimate of drug-likeness (QED) is 0.455. The van der Waals surface area contributed by atoms with Crippen molar-refractivity contribution in [2.75, 3.05) is 5.75 Å². The smallest absolute Gasteiger partial charge is 0.184 e. The van der Waals surface area contributed by atoms with Crippen molar-refractivity contribution in [3.8, 4) is 5.69 Å². The molecule has 1 aromatic heterocycles. The molecule has 1 heterocycles. The van der Waals surface area contributed by atoms with E-state index in [0.29, 0.717) is 0 Å². The summed E-state index contributed by atoms with van der Waals surface area (Å²) < 4.78 is 3.72. The highest BCUT2D eigenvalue weighted by Crippen LogP contribution is 2.24. The van der Waals surface area contributed by atoms with Crippen LogP contribution in [0.25, 0.3) is 5.69 Å². The van der Waals surface area contributed by atoms with E-state index in [1.54, 1.807) is 23.1 Å². The van der Waals surface area contributed by atoms with Crippen LogP contribution in [0.3, 0.4) is 0 Å². The van der Waals surface area contributed by atoms with E-state index in [1.807, 2.05) is 35.0 Å². The van der Waals surface area contributed by atoms with Gasteiger partial charge in [-0.05, 0) is 30.8 Å². The van der Waals surface area contributed by atoms with Crippen molar-refractivity contribution in [3.05, 3.63) is 34.3 Å². The minimum atomic E-state index is 0.815. The zero-order valence-electron chi connectivity index (χ0n) is 9.63. The van der Waals surface area contributed by atoms with Crippen molar-refractivity contribution in [1.82, 2.24) is 9.78 Å². The van der Waals surface area contributed by atoms with Crippen LogP contribution < -0.4 is 0 Å². The highest BCUT2D eigenvalue weighted by Gasteiger charge is 2.05. The van der Waals surface area contributed by atoms with Gasteiger partial charge in [-0.25, -0.2) is 4.68 Å². The lowest BCUT2D eigenvalue weighted by Gasteiger charge is -1.98. The van der Waals surface area contributed by atoms with Gasteiger partial charge in [-0.3, -0.25) is 0 Å². The fraction of sp³-hybridized carbons (Fsp3) is 0.333. The summed E-state index contributed by atoms with van der Waals surface area (Å²) in [5.41, 5.74) is 1.04. The molecule has 0 spiro atoms. The third kappa shape index (κ3) is 3.40. The number of hydrogen-bond donors (Lipinski definition) is 0. The van der Waals surface area contributed by atoms with Crippen LogP contribution in [-0.4, -0.2) is 15.5 Å². The topological polar surface area (TPSA) is 17.8 Å². The Hall–Kier alpha value is -0.650. The minimum absolute atomic E-state index is 0.815. The molecule has 1 aromatic carbocycles. The van der Waals surface area contributed by atoms with Crippen molar-refractivity contribution < 1.29 is 0 Å². The Balaban J connectivity index is 2.17. The number of hydrogen-bond acceptors (Lipinski definition) is 4. The first-order chi connectivity index (χ1) is 8.31. The first-order valence-electron chi connectivity index (χ1n) is 5.59. The standard InChI is InChI=1S/C12H14N2S3/c1-2-3-9-16-11-13-14(12(15)17-11)10-7-5-4-6-8-10/h4-8H,2-3,9H2,1H3. The zero-order chi connectivity index (χ0) is 12.1. The Bertz CT molecular complexity index is 516. The van der Waals surface area contributed by atoms with Crippen LogP contribution in [-0.2, 0) is 0 Å². The van der Waals surface area contributed by atoms with Gasteiger partial charge in [0.15, 0.2) is 8.29 Å². The van der Waals surface area contributed by atoms with Crippen LogP contribution in [0.5, 0.6) is 0 Å². The molecule has 0 atom stereocenters. The molecule has 0 bridgehead atoms. The Morgan fingerprint density at radius 1 is 1.35 bits per heavy atom. The molecule has 0 unspecified atom stereocenters. The number of benzene rings is 1. The summed E-state index contributed by atoms with van der Waals surface area (Å²) in [6.07, 6.45) is 2.44. The van der Waals surface area contributed by atoms with Crippen LogP contribution in [0, 0.1) is 3.95 Å². The molecular formula is C12H14N2S3. The maximum Gasteiger partial charge on any atom is 0.184 e. The van der Waals surface area contributed by atoms with Crippen LogP contribution in [0.2, 0.25) is 0 Å². The molecule has 90 valence electrons. The molecule has 0 saturated carbocycles. The number of thioether (sulfide) groups is 1. The fourth-order valence-electron chi connectivity index (χ4n) is 1.36. The molecule has 0 aliphatic carbocycles. The maximum absolute atomic E-state index is 5.34. The summed E-state index contributed by atoms with van der Waals surface area (Å²) in [5.74, 6) is 1.12. The van der Waals surface area contributed by atoms with Gasteiger partial charge in [0.25, 0.3) is 0 Å². The molecule has 0 aliphatic rings. The number of aromatic nitrogens is 2. The van der Waals surface area contributed by atoms with Crippen LogP contribution in [0.15, 0.2) is 34.7 Å². The van der Waals surface area contributed by atoms with Gasteiger partial charge in [0.1, 0.15) is 0 Å². The van der Waals surface area contributed by atoms with Crippen molar-refractivity contribution in [2.45, 2.75) is 24.1 Å². The SMILES string of the molecule is CCCCSc1nn(-c2ccccc2)c(=S)s1. The van der Waals surface area contributed by atoms with Crippen LogP contribution >= 0.6 is 35.3 Å². The average molecular weight is 282 g/mol. The molecule has 5 heteroatoms. The summed E-state index contributed by atoms with van der Waals surface area (Å²) in [4.78, 5) is 0. The third-order valence-electron chi connectivity index (χ3n) is 2.25. The largest absolute Gasteiger partial charge is 0.211 e. The number of rotatable bonds is 5. The molecule has 0 N–H and O–H groups in total.